The first-order valence-electron chi connectivity index (χ1n) is 4.73. The lowest BCUT2D eigenvalue weighted by molar-refractivity contribution is -0.145. The van der Waals surface area contributed by atoms with Gasteiger partial charge >= 0.3 is 5.97 Å². The van der Waals surface area contributed by atoms with Gasteiger partial charge in [-0.3, -0.25) is 14.5 Å². The smallest absolute Gasteiger partial charge is 0.323 e. The lowest BCUT2D eigenvalue weighted by Crippen LogP contribution is -2.35. The van der Waals surface area contributed by atoms with Crippen LogP contribution in [0.15, 0.2) is 0 Å². The Morgan fingerprint density at radius 2 is 2.33 bits per heavy atom. The van der Waals surface area contributed by atoms with E-state index in [1.807, 2.05) is 6.26 Å². The summed E-state index contributed by atoms with van der Waals surface area (Å²) < 4.78 is 4.70. The minimum atomic E-state index is -0.368. The Morgan fingerprint density at radius 1 is 1.67 bits per heavy atom. The molecule has 15 heavy (non-hydrogen) atoms. The third-order valence-electron chi connectivity index (χ3n) is 2.45. The van der Waals surface area contributed by atoms with Gasteiger partial charge in [-0.2, -0.15) is 11.8 Å². The van der Waals surface area contributed by atoms with E-state index in [0.29, 0.717) is 13.0 Å². The molecular weight excluding hydrogens is 216 g/mol. The number of nitrogens with zero attached hydrogens (tertiary/aromatic N) is 1. The number of methoxy groups -OCH3 is 1. The molecule has 1 rings (SSSR count). The number of hydrogen-bond acceptors (Lipinski definition) is 5. The van der Waals surface area contributed by atoms with Crippen LogP contribution in [0, 0.1) is 0 Å². The van der Waals surface area contributed by atoms with Gasteiger partial charge in [0.25, 0.3) is 0 Å². The standard InChI is InChI=1S/C9H16N2O3S/c1-14-9(13)6(3-4-15-2)11-5-7(11)8(10)12/h6-7H,3-5H2,1-2H3,(H2,10,12). The highest BCUT2D eigenvalue weighted by atomic mass is 32.2. The molecule has 86 valence electrons. The van der Waals surface area contributed by atoms with Gasteiger partial charge in [-0.1, -0.05) is 0 Å². The molecule has 1 aliphatic heterocycles. The van der Waals surface area contributed by atoms with Crippen LogP contribution in [-0.2, 0) is 14.3 Å². The topological polar surface area (TPSA) is 72.4 Å². The number of carbonyl (C=O) groups is 2. The summed E-state index contributed by atoms with van der Waals surface area (Å²) >= 11 is 1.66. The third-order valence-corrected chi connectivity index (χ3v) is 3.09. The first-order valence-corrected chi connectivity index (χ1v) is 6.13. The summed E-state index contributed by atoms with van der Waals surface area (Å²) in [4.78, 5) is 24.1. The van der Waals surface area contributed by atoms with Crippen LogP contribution in [0.1, 0.15) is 6.42 Å². The molecule has 0 bridgehead atoms. The summed E-state index contributed by atoms with van der Waals surface area (Å²) in [6.45, 7) is 0.573. The SMILES string of the molecule is COC(=O)C(CCSC)N1CC1C(N)=O. The summed E-state index contributed by atoms with van der Waals surface area (Å²) in [5.41, 5.74) is 5.16. The molecule has 5 nitrogen and oxygen atoms in total. The van der Waals surface area contributed by atoms with E-state index >= 15 is 0 Å². The van der Waals surface area contributed by atoms with Gasteiger partial charge < -0.3 is 10.5 Å². The molecule has 1 saturated heterocycles. The summed E-state index contributed by atoms with van der Waals surface area (Å²) in [6, 6.07) is -0.601. The molecule has 0 aromatic rings. The van der Waals surface area contributed by atoms with Crippen LogP contribution in [0.2, 0.25) is 0 Å². The van der Waals surface area contributed by atoms with Gasteiger partial charge in [0.1, 0.15) is 12.1 Å². The highest BCUT2D eigenvalue weighted by Crippen LogP contribution is 2.24. The van der Waals surface area contributed by atoms with Crippen molar-refractivity contribution in [3.8, 4) is 0 Å². The number of hydrogen-bond donors (Lipinski definition) is 1. The molecule has 3 atom stereocenters. The average Bonchev–Trinajstić information content (AvgIpc) is 2.98. The number of nitrogens with two attached hydrogens (primary N) is 1. The molecule has 1 amide bonds. The van der Waals surface area contributed by atoms with Gasteiger partial charge in [0, 0.05) is 6.54 Å². The minimum absolute atomic E-state index is 0.282. The highest BCUT2D eigenvalue weighted by molar-refractivity contribution is 7.98. The van der Waals surface area contributed by atoms with Crippen molar-refractivity contribution in [3.63, 3.8) is 0 Å². The van der Waals surface area contributed by atoms with E-state index < -0.39 is 0 Å². The second-order valence-corrected chi connectivity index (χ2v) is 4.42. The van der Waals surface area contributed by atoms with Crippen molar-refractivity contribution >= 4 is 23.6 Å². The maximum Gasteiger partial charge on any atom is 0.323 e. The molecule has 0 aliphatic carbocycles. The highest BCUT2D eigenvalue weighted by Gasteiger charge is 2.46. The monoisotopic (exact) mass is 232 g/mol. The second kappa shape index (κ2) is 5.37. The number of thioether (sulfide) groups is 1. The lowest BCUT2D eigenvalue weighted by atomic mass is 10.2. The zero-order valence-electron chi connectivity index (χ0n) is 8.93. The molecule has 0 saturated carbocycles. The van der Waals surface area contributed by atoms with Gasteiger partial charge in [-0.15, -0.1) is 0 Å². The Labute approximate surface area is 93.3 Å². The molecule has 0 aromatic heterocycles. The maximum absolute atomic E-state index is 11.4. The van der Waals surface area contributed by atoms with Crippen molar-refractivity contribution in [2.75, 3.05) is 25.7 Å². The molecule has 1 aliphatic rings. The van der Waals surface area contributed by atoms with E-state index in [2.05, 4.69) is 0 Å². The lowest BCUT2D eigenvalue weighted by Gasteiger charge is -2.15. The molecule has 0 spiro atoms. The Morgan fingerprint density at radius 3 is 2.73 bits per heavy atom. The van der Waals surface area contributed by atoms with Crippen LogP contribution >= 0.6 is 11.8 Å². The summed E-state index contributed by atoms with van der Waals surface area (Å²) in [5, 5.41) is 0. The first-order chi connectivity index (χ1) is 7.11. The third kappa shape index (κ3) is 3.10. The van der Waals surface area contributed by atoms with Crippen molar-refractivity contribution in [3.05, 3.63) is 0 Å². The van der Waals surface area contributed by atoms with Gasteiger partial charge in [-0.25, -0.2) is 0 Å². The largest absolute Gasteiger partial charge is 0.468 e. The molecule has 0 aromatic carbocycles. The van der Waals surface area contributed by atoms with Gasteiger partial charge in [0.2, 0.25) is 5.91 Å². The first kappa shape index (κ1) is 12.3. The Balaban J connectivity index is 2.51. The summed E-state index contributed by atoms with van der Waals surface area (Å²) in [7, 11) is 1.36. The number of amides is 1. The second-order valence-electron chi connectivity index (χ2n) is 3.44. The molecule has 0 radical (unpaired) electrons. The number of esters is 1. The fourth-order valence-corrected chi connectivity index (χ4v) is 1.99. The molecule has 1 heterocycles. The number of ether oxygens (including phenoxy) is 1. The van der Waals surface area contributed by atoms with Crippen molar-refractivity contribution in [2.45, 2.75) is 18.5 Å². The van der Waals surface area contributed by atoms with Crippen LogP contribution in [0.3, 0.4) is 0 Å². The van der Waals surface area contributed by atoms with Crippen molar-refractivity contribution in [1.82, 2.24) is 4.90 Å². The molecule has 1 fully saturated rings. The number of carbonyl (C=O) groups excluding carboxylic acids is 2. The fourth-order valence-electron chi connectivity index (χ4n) is 1.53. The molecule has 2 N–H and O–H groups in total. The van der Waals surface area contributed by atoms with Crippen LogP contribution in [0.5, 0.6) is 0 Å². The van der Waals surface area contributed by atoms with E-state index in [1.165, 1.54) is 7.11 Å². The summed E-state index contributed by atoms with van der Waals surface area (Å²) in [6.07, 6.45) is 2.67. The predicted molar refractivity (Wildman–Crippen MR) is 58.5 cm³/mol. The molecule has 6 heteroatoms. The molecule has 3 unspecified atom stereocenters. The van der Waals surface area contributed by atoms with E-state index in [9.17, 15) is 9.59 Å². The predicted octanol–water partition coefficient (Wildman–Crippen LogP) is -0.549. The minimum Gasteiger partial charge on any atom is -0.468 e. The van der Waals surface area contributed by atoms with Gasteiger partial charge in [-0.05, 0) is 18.4 Å². The number of primary amides is 1. The van der Waals surface area contributed by atoms with Crippen molar-refractivity contribution in [1.29, 1.82) is 0 Å². The fraction of sp³-hybridized carbons (Fsp3) is 0.778. The quantitative estimate of drug-likeness (QED) is 0.491. The van der Waals surface area contributed by atoms with E-state index in [1.54, 1.807) is 16.7 Å². The van der Waals surface area contributed by atoms with Crippen molar-refractivity contribution in [2.24, 2.45) is 5.73 Å². The summed E-state index contributed by atoms with van der Waals surface area (Å²) in [5.74, 6) is 0.211. The van der Waals surface area contributed by atoms with Gasteiger partial charge in [0.15, 0.2) is 0 Å². The molecular formula is C9H16N2O3S. The number of rotatable bonds is 6. The maximum atomic E-state index is 11.4. The van der Waals surface area contributed by atoms with Crippen LogP contribution in [0.4, 0.5) is 0 Å². The Kier molecular flexibility index (Phi) is 4.41. The van der Waals surface area contributed by atoms with Crippen molar-refractivity contribution < 1.29 is 14.3 Å². The average molecular weight is 232 g/mol. The van der Waals surface area contributed by atoms with Crippen LogP contribution in [0.25, 0.3) is 0 Å². The van der Waals surface area contributed by atoms with E-state index in [-0.39, 0.29) is 24.0 Å². The zero-order chi connectivity index (χ0) is 11.4. The Hall–Kier alpha value is -0.750. The normalized spacial score (nSPS) is 25.7. The zero-order valence-corrected chi connectivity index (χ0v) is 9.75. The van der Waals surface area contributed by atoms with Crippen LogP contribution in [-0.4, -0.2) is 54.5 Å². The van der Waals surface area contributed by atoms with Crippen LogP contribution < -0.4 is 5.73 Å². The van der Waals surface area contributed by atoms with E-state index in [4.69, 9.17) is 10.5 Å². The van der Waals surface area contributed by atoms with Gasteiger partial charge in [0.05, 0.1) is 7.11 Å². The van der Waals surface area contributed by atoms with E-state index in [0.717, 1.165) is 5.75 Å². The Bertz CT molecular complexity index is 260.